The lowest BCUT2D eigenvalue weighted by Crippen LogP contribution is -2.20. The van der Waals surface area contributed by atoms with Gasteiger partial charge < -0.3 is 5.32 Å². The Morgan fingerprint density at radius 3 is 2.74 bits per heavy atom. The Morgan fingerprint density at radius 1 is 1.26 bits per heavy atom. The minimum Gasteiger partial charge on any atom is -0.313 e. The maximum atomic E-state index is 13.7. The lowest BCUT2D eigenvalue weighted by atomic mass is 9.96. The molecule has 0 saturated carbocycles. The lowest BCUT2D eigenvalue weighted by Gasteiger charge is -2.18. The van der Waals surface area contributed by atoms with E-state index in [-0.39, 0.29) is 17.7 Å². The Bertz CT molecular complexity index is 570. The number of hydrogen-bond acceptors (Lipinski definition) is 2. The van der Waals surface area contributed by atoms with Gasteiger partial charge >= 0.3 is 0 Å². The number of benzene rings is 1. The topological polar surface area (TPSA) is 24.9 Å². The summed E-state index contributed by atoms with van der Waals surface area (Å²) in [5.74, 6) is -0.624. The maximum absolute atomic E-state index is 13.7. The first-order valence-electron chi connectivity index (χ1n) is 6.13. The van der Waals surface area contributed by atoms with Gasteiger partial charge in [-0.3, -0.25) is 4.98 Å². The highest BCUT2D eigenvalue weighted by molar-refractivity contribution is 5.29. The zero-order valence-electron chi connectivity index (χ0n) is 11.0. The van der Waals surface area contributed by atoms with Gasteiger partial charge in [0.25, 0.3) is 0 Å². The molecule has 2 aromatic rings. The molecule has 0 spiro atoms. The van der Waals surface area contributed by atoms with Crippen LogP contribution in [0.25, 0.3) is 0 Å². The molecule has 2 rings (SSSR count). The van der Waals surface area contributed by atoms with E-state index < -0.39 is 0 Å². The molecule has 1 atom stereocenters. The second kappa shape index (κ2) is 5.89. The monoisotopic (exact) mass is 262 g/mol. The van der Waals surface area contributed by atoms with E-state index in [4.69, 9.17) is 0 Å². The fourth-order valence-electron chi connectivity index (χ4n) is 2.12. The molecule has 19 heavy (non-hydrogen) atoms. The zero-order valence-corrected chi connectivity index (χ0v) is 11.0. The number of halogens is 2. The van der Waals surface area contributed by atoms with Gasteiger partial charge in [-0.1, -0.05) is 6.07 Å². The summed E-state index contributed by atoms with van der Waals surface area (Å²) in [6.45, 7) is 1.92. The molecule has 1 N–H and O–H groups in total. The van der Waals surface area contributed by atoms with Crippen LogP contribution in [0.3, 0.4) is 0 Å². The molecular weight excluding hydrogens is 246 g/mol. The minimum atomic E-state index is -0.351. The van der Waals surface area contributed by atoms with Crippen LogP contribution >= 0.6 is 0 Å². The molecule has 0 bridgehead atoms. The van der Waals surface area contributed by atoms with Crippen molar-refractivity contribution in [3.8, 4) is 0 Å². The SMILES string of the molecule is CNC(Cc1cc(F)ccc1C)c1ccncc1F. The van der Waals surface area contributed by atoms with Crippen LogP contribution in [0.15, 0.2) is 36.7 Å². The Balaban J connectivity index is 2.29. The van der Waals surface area contributed by atoms with Gasteiger partial charge in [0, 0.05) is 17.8 Å². The second-order valence-electron chi connectivity index (χ2n) is 4.51. The van der Waals surface area contributed by atoms with Crippen LogP contribution in [0.1, 0.15) is 22.7 Å². The van der Waals surface area contributed by atoms with Crippen molar-refractivity contribution in [3.05, 3.63) is 65.0 Å². The summed E-state index contributed by atoms with van der Waals surface area (Å²) >= 11 is 0. The van der Waals surface area contributed by atoms with Gasteiger partial charge in [0.05, 0.1) is 6.20 Å². The van der Waals surface area contributed by atoms with Crippen molar-refractivity contribution in [2.75, 3.05) is 7.05 Å². The van der Waals surface area contributed by atoms with Crippen molar-refractivity contribution >= 4 is 0 Å². The van der Waals surface area contributed by atoms with Crippen LogP contribution in [-0.2, 0) is 6.42 Å². The highest BCUT2D eigenvalue weighted by atomic mass is 19.1. The van der Waals surface area contributed by atoms with Crippen molar-refractivity contribution in [1.82, 2.24) is 10.3 Å². The van der Waals surface area contributed by atoms with E-state index in [2.05, 4.69) is 10.3 Å². The summed E-state index contributed by atoms with van der Waals surface area (Å²) < 4.78 is 27.0. The maximum Gasteiger partial charge on any atom is 0.146 e. The largest absolute Gasteiger partial charge is 0.313 e. The van der Waals surface area contributed by atoms with Crippen molar-refractivity contribution < 1.29 is 8.78 Å². The molecular formula is C15H16F2N2. The Hall–Kier alpha value is -1.81. The van der Waals surface area contributed by atoms with Gasteiger partial charge in [0.15, 0.2) is 0 Å². The molecule has 0 amide bonds. The van der Waals surface area contributed by atoms with Gasteiger partial charge in [-0.25, -0.2) is 8.78 Å². The van der Waals surface area contributed by atoms with Gasteiger partial charge in [-0.2, -0.15) is 0 Å². The van der Waals surface area contributed by atoms with Crippen molar-refractivity contribution in [2.24, 2.45) is 0 Å². The summed E-state index contributed by atoms with van der Waals surface area (Å²) in [7, 11) is 1.76. The van der Waals surface area contributed by atoms with Gasteiger partial charge in [0.2, 0.25) is 0 Å². The third-order valence-corrected chi connectivity index (χ3v) is 3.26. The highest BCUT2D eigenvalue weighted by Crippen LogP contribution is 2.22. The van der Waals surface area contributed by atoms with Crippen LogP contribution in [-0.4, -0.2) is 12.0 Å². The quantitative estimate of drug-likeness (QED) is 0.915. The molecule has 1 aromatic heterocycles. The first-order valence-corrected chi connectivity index (χ1v) is 6.13. The number of aromatic nitrogens is 1. The molecule has 4 heteroatoms. The molecule has 0 saturated heterocycles. The number of nitrogens with zero attached hydrogens (tertiary/aromatic N) is 1. The summed E-state index contributed by atoms with van der Waals surface area (Å²) in [6.07, 6.45) is 3.28. The molecule has 0 fully saturated rings. The summed E-state index contributed by atoms with van der Waals surface area (Å²) in [5.41, 5.74) is 2.41. The molecule has 100 valence electrons. The fourth-order valence-corrected chi connectivity index (χ4v) is 2.12. The van der Waals surface area contributed by atoms with Crippen LogP contribution in [0, 0.1) is 18.6 Å². The van der Waals surface area contributed by atoms with E-state index in [0.29, 0.717) is 12.0 Å². The number of nitrogens with one attached hydrogen (secondary N) is 1. The minimum absolute atomic E-state index is 0.205. The van der Waals surface area contributed by atoms with Crippen LogP contribution < -0.4 is 5.32 Å². The van der Waals surface area contributed by atoms with Crippen LogP contribution in [0.5, 0.6) is 0 Å². The molecule has 1 heterocycles. The van der Waals surface area contributed by atoms with E-state index in [9.17, 15) is 8.78 Å². The number of hydrogen-bond donors (Lipinski definition) is 1. The summed E-state index contributed by atoms with van der Waals surface area (Å²) in [6, 6.07) is 6.10. The standard InChI is InChI=1S/C15H16F2N2/c1-10-3-4-12(16)7-11(10)8-15(18-2)13-5-6-19-9-14(13)17/h3-7,9,15,18H,8H2,1-2H3. The molecule has 0 aliphatic heterocycles. The van der Waals surface area contributed by atoms with E-state index in [0.717, 1.165) is 11.1 Å². The third kappa shape index (κ3) is 3.15. The highest BCUT2D eigenvalue weighted by Gasteiger charge is 2.15. The second-order valence-corrected chi connectivity index (χ2v) is 4.51. The predicted molar refractivity (Wildman–Crippen MR) is 70.8 cm³/mol. The molecule has 1 aromatic carbocycles. The van der Waals surface area contributed by atoms with Gasteiger partial charge in [-0.05, 0) is 49.7 Å². The average molecular weight is 262 g/mol. The normalized spacial score (nSPS) is 12.4. The summed E-state index contributed by atoms with van der Waals surface area (Å²) in [5, 5.41) is 3.06. The predicted octanol–water partition coefficient (Wildman–Crippen LogP) is 3.17. The van der Waals surface area contributed by atoms with Crippen molar-refractivity contribution in [3.63, 3.8) is 0 Å². The molecule has 0 aliphatic carbocycles. The van der Waals surface area contributed by atoms with Gasteiger partial charge in [-0.15, -0.1) is 0 Å². The van der Waals surface area contributed by atoms with Crippen LogP contribution in [0.4, 0.5) is 8.78 Å². The summed E-state index contributed by atoms with van der Waals surface area (Å²) in [4.78, 5) is 3.74. The lowest BCUT2D eigenvalue weighted by molar-refractivity contribution is 0.528. The number of pyridine rings is 1. The van der Waals surface area contributed by atoms with Crippen molar-refractivity contribution in [1.29, 1.82) is 0 Å². The first kappa shape index (κ1) is 13.6. The molecule has 0 radical (unpaired) electrons. The molecule has 0 aliphatic rings. The fraction of sp³-hybridized carbons (Fsp3) is 0.267. The third-order valence-electron chi connectivity index (χ3n) is 3.26. The Morgan fingerprint density at radius 2 is 2.05 bits per heavy atom. The zero-order chi connectivity index (χ0) is 13.8. The van der Waals surface area contributed by atoms with Crippen LogP contribution in [0.2, 0.25) is 0 Å². The molecule has 2 nitrogen and oxygen atoms in total. The van der Waals surface area contributed by atoms with E-state index in [1.54, 1.807) is 25.4 Å². The van der Waals surface area contributed by atoms with Crippen molar-refractivity contribution in [2.45, 2.75) is 19.4 Å². The smallest absolute Gasteiger partial charge is 0.146 e. The Kier molecular flexibility index (Phi) is 4.22. The Labute approximate surface area is 111 Å². The molecule has 1 unspecified atom stereocenters. The first-order chi connectivity index (χ1) is 9.11. The van der Waals surface area contributed by atoms with E-state index >= 15 is 0 Å². The van der Waals surface area contributed by atoms with E-state index in [1.807, 2.05) is 6.92 Å². The average Bonchev–Trinajstić information content (AvgIpc) is 2.41. The number of likely N-dealkylation sites (N-methyl/N-ethyl adjacent to an activating group) is 1. The number of rotatable bonds is 4. The number of aryl methyl sites for hydroxylation is 1. The van der Waals surface area contributed by atoms with Gasteiger partial charge in [0.1, 0.15) is 11.6 Å². The van der Waals surface area contributed by atoms with E-state index in [1.165, 1.54) is 18.3 Å².